The molecule has 1 amide bonds. The third kappa shape index (κ3) is 4.47. The summed E-state index contributed by atoms with van der Waals surface area (Å²) in [6.07, 6.45) is -0.442. The SMILES string of the molecule is CCN1CCN(C(=O)[C@@H](C)Oc2cc(C)ccc2C(C)C)CC1. The quantitative estimate of drug-likeness (QED) is 0.836. The molecule has 0 N–H and O–H groups in total. The molecule has 4 heteroatoms. The minimum absolute atomic E-state index is 0.0944. The zero-order valence-corrected chi connectivity index (χ0v) is 15.1. The molecular weight excluding hydrogens is 288 g/mol. The third-order valence-corrected chi connectivity index (χ3v) is 4.57. The van der Waals surface area contributed by atoms with Gasteiger partial charge >= 0.3 is 0 Å². The molecule has 1 atom stereocenters. The maximum absolute atomic E-state index is 12.6. The standard InChI is InChI=1S/C19H30N2O2/c1-6-20-9-11-21(12-10-20)19(22)16(5)23-18-13-15(4)7-8-17(18)14(2)3/h7-8,13-14,16H,6,9-12H2,1-5H3/t16-/m1/s1. The normalized spacial score (nSPS) is 17.4. The molecule has 1 aromatic rings. The number of carbonyl (C=O) groups excluding carboxylic acids is 1. The molecule has 0 bridgehead atoms. The van der Waals surface area contributed by atoms with Gasteiger partial charge < -0.3 is 14.5 Å². The van der Waals surface area contributed by atoms with Gasteiger partial charge in [-0.25, -0.2) is 0 Å². The van der Waals surface area contributed by atoms with E-state index in [4.69, 9.17) is 4.74 Å². The zero-order chi connectivity index (χ0) is 17.0. The molecule has 4 nitrogen and oxygen atoms in total. The average molecular weight is 318 g/mol. The Bertz CT molecular complexity index is 534. The van der Waals surface area contributed by atoms with Crippen LogP contribution in [0.5, 0.6) is 5.75 Å². The molecular formula is C19H30N2O2. The van der Waals surface area contributed by atoms with Crippen molar-refractivity contribution in [3.05, 3.63) is 29.3 Å². The molecule has 1 saturated heterocycles. The Labute approximate surface area is 140 Å². The van der Waals surface area contributed by atoms with Gasteiger partial charge in [-0.2, -0.15) is 0 Å². The minimum Gasteiger partial charge on any atom is -0.481 e. The highest BCUT2D eigenvalue weighted by Gasteiger charge is 2.26. The molecule has 0 spiro atoms. The van der Waals surface area contributed by atoms with Gasteiger partial charge in [0.05, 0.1) is 0 Å². The Hall–Kier alpha value is -1.55. The number of benzene rings is 1. The van der Waals surface area contributed by atoms with E-state index in [2.05, 4.69) is 37.8 Å². The monoisotopic (exact) mass is 318 g/mol. The molecule has 1 fully saturated rings. The molecule has 1 aromatic carbocycles. The van der Waals surface area contributed by atoms with Gasteiger partial charge in [0.15, 0.2) is 6.10 Å². The topological polar surface area (TPSA) is 32.8 Å². The van der Waals surface area contributed by atoms with Gasteiger partial charge in [0.1, 0.15) is 5.75 Å². The number of likely N-dealkylation sites (N-methyl/N-ethyl adjacent to an activating group) is 1. The molecule has 23 heavy (non-hydrogen) atoms. The summed E-state index contributed by atoms with van der Waals surface area (Å²) < 4.78 is 6.05. The number of hydrogen-bond acceptors (Lipinski definition) is 3. The Balaban J connectivity index is 2.03. The van der Waals surface area contributed by atoms with Gasteiger partial charge in [-0.1, -0.05) is 32.9 Å². The van der Waals surface area contributed by atoms with Crippen molar-refractivity contribution >= 4 is 5.91 Å². The number of amides is 1. The molecule has 128 valence electrons. The molecule has 0 radical (unpaired) electrons. The van der Waals surface area contributed by atoms with Crippen molar-refractivity contribution in [2.45, 2.75) is 46.6 Å². The predicted molar refractivity (Wildman–Crippen MR) is 94.1 cm³/mol. The van der Waals surface area contributed by atoms with Crippen molar-refractivity contribution < 1.29 is 9.53 Å². The third-order valence-electron chi connectivity index (χ3n) is 4.57. The van der Waals surface area contributed by atoms with Crippen LogP contribution in [0.2, 0.25) is 0 Å². The lowest BCUT2D eigenvalue weighted by Gasteiger charge is -2.35. The molecule has 0 aromatic heterocycles. The Morgan fingerprint density at radius 3 is 2.39 bits per heavy atom. The number of ether oxygens (including phenoxy) is 1. The van der Waals surface area contributed by atoms with E-state index in [0.717, 1.165) is 49.6 Å². The van der Waals surface area contributed by atoms with Crippen LogP contribution in [0, 0.1) is 6.92 Å². The average Bonchev–Trinajstić information content (AvgIpc) is 2.54. The minimum atomic E-state index is -0.442. The second-order valence-corrected chi connectivity index (χ2v) is 6.72. The van der Waals surface area contributed by atoms with E-state index >= 15 is 0 Å². The van der Waals surface area contributed by atoms with Crippen LogP contribution in [0.1, 0.15) is 44.7 Å². The Morgan fingerprint density at radius 2 is 1.83 bits per heavy atom. The molecule has 1 heterocycles. The van der Waals surface area contributed by atoms with Crippen LogP contribution < -0.4 is 4.74 Å². The highest BCUT2D eigenvalue weighted by molar-refractivity contribution is 5.81. The van der Waals surface area contributed by atoms with Gasteiger partial charge in [0.25, 0.3) is 5.91 Å². The van der Waals surface area contributed by atoms with E-state index in [-0.39, 0.29) is 5.91 Å². The maximum Gasteiger partial charge on any atom is 0.263 e. The molecule has 0 saturated carbocycles. The molecule has 2 rings (SSSR count). The number of nitrogens with zero attached hydrogens (tertiary/aromatic N) is 2. The fourth-order valence-electron chi connectivity index (χ4n) is 3.00. The van der Waals surface area contributed by atoms with Gasteiger partial charge in [0.2, 0.25) is 0 Å². The number of rotatable bonds is 5. The summed E-state index contributed by atoms with van der Waals surface area (Å²) in [5, 5.41) is 0. The van der Waals surface area contributed by atoms with Crippen LogP contribution in [0.15, 0.2) is 18.2 Å². The first-order valence-electron chi connectivity index (χ1n) is 8.70. The lowest BCUT2D eigenvalue weighted by Crippen LogP contribution is -2.51. The van der Waals surface area contributed by atoms with E-state index in [1.165, 1.54) is 0 Å². The van der Waals surface area contributed by atoms with Crippen molar-refractivity contribution in [1.29, 1.82) is 0 Å². The van der Waals surface area contributed by atoms with Crippen LogP contribution in [0.25, 0.3) is 0 Å². The maximum atomic E-state index is 12.6. The molecule has 1 aliphatic rings. The Kier molecular flexibility index (Phi) is 6.05. The summed E-state index contributed by atoms with van der Waals surface area (Å²) >= 11 is 0. The van der Waals surface area contributed by atoms with Crippen LogP contribution in [-0.2, 0) is 4.79 Å². The number of carbonyl (C=O) groups is 1. The molecule has 0 unspecified atom stereocenters. The van der Waals surface area contributed by atoms with Crippen molar-refractivity contribution in [2.24, 2.45) is 0 Å². The summed E-state index contributed by atoms with van der Waals surface area (Å²) in [5.74, 6) is 1.31. The number of aryl methyl sites for hydroxylation is 1. The van der Waals surface area contributed by atoms with E-state index < -0.39 is 6.10 Å². The van der Waals surface area contributed by atoms with E-state index in [1.54, 1.807) is 0 Å². The van der Waals surface area contributed by atoms with Crippen LogP contribution in [0.4, 0.5) is 0 Å². The van der Waals surface area contributed by atoms with Crippen molar-refractivity contribution in [3.8, 4) is 5.75 Å². The van der Waals surface area contributed by atoms with Gasteiger partial charge in [-0.05, 0) is 43.5 Å². The highest BCUT2D eigenvalue weighted by Crippen LogP contribution is 2.28. The van der Waals surface area contributed by atoms with Gasteiger partial charge in [0, 0.05) is 26.2 Å². The lowest BCUT2D eigenvalue weighted by molar-refractivity contribution is -0.139. The van der Waals surface area contributed by atoms with Crippen LogP contribution >= 0.6 is 0 Å². The number of hydrogen-bond donors (Lipinski definition) is 0. The van der Waals surface area contributed by atoms with Gasteiger partial charge in [-0.15, -0.1) is 0 Å². The fraction of sp³-hybridized carbons (Fsp3) is 0.632. The predicted octanol–water partition coefficient (Wildman–Crippen LogP) is 3.05. The second-order valence-electron chi connectivity index (χ2n) is 6.72. The van der Waals surface area contributed by atoms with Crippen molar-refractivity contribution in [3.63, 3.8) is 0 Å². The summed E-state index contributed by atoms with van der Waals surface area (Å²) in [6.45, 7) is 14.9. The highest BCUT2D eigenvalue weighted by atomic mass is 16.5. The first-order chi connectivity index (χ1) is 10.9. The van der Waals surface area contributed by atoms with Crippen molar-refractivity contribution in [2.75, 3.05) is 32.7 Å². The van der Waals surface area contributed by atoms with Crippen LogP contribution in [0.3, 0.4) is 0 Å². The summed E-state index contributed by atoms with van der Waals surface area (Å²) in [7, 11) is 0. The summed E-state index contributed by atoms with van der Waals surface area (Å²) in [5.41, 5.74) is 2.31. The van der Waals surface area contributed by atoms with E-state index in [0.29, 0.717) is 5.92 Å². The zero-order valence-electron chi connectivity index (χ0n) is 15.1. The molecule has 1 aliphatic heterocycles. The largest absolute Gasteiger partial charge is 0.481 e. The number of piperazine rings is 1. The fourth-order valence-corrected chi connectivity index (χ4v) is 3.00. The smallest absolute Gasteiger partial charge is 0.263 e. The van der Waals surface area contributed by atoms with Crippen LogP contribution in [-0.4, -0.2) is 54.5 Å². The Morgan fingerprint density at radius 1 is 1.17 bits per heavy atom. The lowest BCUT2D eigenvalue weighted by atomic mass is 10.0. The first kappa shape index (κ1) is 17.8. The van der Waals surface area contributed by atoms with Gasteiger partial charge in [-0.3, -0.25) is 4.79 Å². The molecule has 0 aliphatic carbocycles. The summed E-state index contributed by atoms with van der Waals surface area (Å²) in [6, 6.07) is 6.24. The summed E-state index contributed by atoms with van der Waals surface area (Å²) in [4.78, 5) is 16.9. The van der Waals surface area contributed by atoms with Crippen molar-refractivity contribution in [1.82, 2.24) is 9.80 Å². The van der Waals surface area contributed by atoms with E-state index in [9.17, 15) is 4.79 Å². The second kappa shape index (κ2) is 7.82. The first-order valence-corrected chi connectivity index (χ1v) is 8.70. The van der Waals surface area contributed by atoms with E-state index in [1.807, 2.05) is 24.8 Å².